The summed E-state index contributed by atoms with van der Waals surface area (Å²) >= 11 is 6.16. The predicted molar refractivity (Wildman–Crippen MR) is 120 cm³/mol. The number of benzene rings is 3. The smallest absolute Gasteiger partial charge is 0.349 e. The van der Waals surface area contributed by atoms with E-state index in [1.165, 1.54) is 7.11 Å². The third-order valence-electron chi connectivity index (χ3n) is 4.45. The zero-order valence-corrected chi connectivity index (χ0v) is 17.9. The van der Waals surface area contributed by atoms with Gasteiger partial charge in [0.1, 0.15) is 5.75 Å². The molecule has 0 amide bonds. The van der Waals surface area contributed by atoms with Gasteiger partial charge in [0.2, 0.25) is 0 Å². The number of carbonyl (C=O) groups excluding carboxylic acids is 1. The molecule has 0 aliphatic rings. The number of ether oxygens (including phenoxy) is 3. The second-order valence-electron chi connectivity index (χ2n) is 6.79. The van der Waals surface area contributed by atoms with Crippen LogP contribution in [0.5, 0.6) is 17.2 Å². The first kappa shape index (κ1) is 21.5. The maximum atomic E-state index is 12.2. The lowest BCUT2D eigenvalue weighted by atomic mass is 10.1. The molecule has 0 N–H and O–H groups in total. The molecule has 4 nitrogen and oxygen atoms in total. The molecule has 0 saturated carbocycles. The van der Waals surface area contributed by atoms with Crippen LogP contribution >= 0.6 is 11.6 Å². The fourth-order valence-corrected chi connectivity index (χ4v) is 3.02. The van der Waals surface area contributed by atoms with E-state index in [4.69, 9.17) is 25.8 Å². The first-order chi connectivity index (χ1) is 14.5. The van der Waals surface area contributed by atoms with E-state index in [0.29, 0.717) is 22.3 Å². The number of methoxy groups -OCH3 is 1. The van der Waals surface area contributed by atoms with Crippen LogP contribution in [0.25, 0.3) is 12.2 Å². The molecule has 0 heterocycles. The van der Waals surface area contributed by atoms with Crippen LogP contribution in [-0.4, -0.2) is 19.7 Å². The van der Waals surface area contributed by atoms with Gasteiger partial charge in [0.25, 0.3) is 0 Å². The molecule has 0 aliphatic carbocycles. The summed E-state index contributed by atoms with van der Waals surface area (Å²) in [5.41, 5.74) is 3.80. The van der Waals surface area contributed by atoms with E-state index < -0.39 is 5.97 Å². The molecule has 154 valence electrons. The Balaban J connectivity index is 1.64. The molecule has 0 radical (unpaired) electrons. The molecule has 3 aromatic carbocycles. The number of esters is 1. The Morgan fingerprint density at radius 3 is 2.23 bits per heavy atom. The first-order valence-electron chi connectivity index (χ1n) is 9.47. The quantitative estimate of drug-likeness (QED) is 0.261. The van der Waals surface area contributed by atoms with E-state index in [1.54, 1.807) is 18.2 Å². The average molecular weight is 423 g/mol. The van der Waals surface area contributed by atoms with Gasteiger partial charge in [0, 0.05) is 5.02 Å². The van der Waals surface area contributed by atoms with E-state index in [9.17, 15) is 4.79 Å². The zero-order valence-electron chi connectivity index (χ0n) is 17.1. The maximum absolute atomic E-state index is 12.2. The maximum Gasteiger partial charge on any atom is 0.349 e. The fourth-order valence-electron chi connectivity index (χ4n) is 2.91. The number of carbonyl (C=O) groups is 1. The van der Waals surface area contributed by atoms with Gasteiger partial charge in [-0.15, -0.1) is 0 Å². The lowest BCUT2D eigenvalue weighted by molar-refractivity contribution is -0.136. The third kappa shape index (κ3) is 5.65. The Morgan fingerprint density at radius 1 is 0.900 bits per heavy atom. The van der Waals surface area contributed by atoms with Gasteiger partial charge >= 0.3 is 5.97 Å². The van der Waals surface area contributed by atoms with Crippen molar-refractivity contribution in [2.45, 2.75) is 13.8 Å². The number of hydrogen-bond donors (Lipinski definition) is 0. The molecule has 30 heavy (non-hydrogen) atoms. The van der Waals surface area contributed by atoms with Crippen molar-refractivity contribution in [1.82, 2.24) is 0 Å². The van der Waals surface area contributed by atoms with Gasteiger partial charge in [-0.25, -0.2) is 4.79 Å². The van der Waals surface area contributed by atoms with Crippen molar-refractivity contribution >= 4 is 29.7 Å². The van der Waals surface area contributed by atoms with E-state index >= 15 is 0 Å². The fraction of sp³-hybridized carbons (Fsp3) is 0.160. The van der Waals surface area contributed by atoms with Crippen molar-refractivity contribution in [2.75, 3.05) is 13.7 Å². The van der Waals surface area contributed by atoms with Crippen LogP contribution in [0.15, 0.2) is 60.7 Å². The molecule has 0 spiro atoms. The largest absolute Gasteiger partial charge is 0.493 e. The molecule has 0 aromatic heterocycles. The Bertz CT molecular complexity index is 1030. The molecule has 3 aromatic rings. The van der Waals surface area contributed by atoms with Crippen LogP contribution in [0.3, 0.4) is 0 Å². The minimum atomic E-state index is -0.522. The Kier molecular flexibility index (Phi) is 7.15. The van der Waals surface area contributed by atoms with Gasteiger partial charge in [-0.1, -0.05) is 60.2 Å². The average Bonchev–Trinajstić information content (AvgIpc) is 2.76. The van der Waals surface area contributed by atoms with Crippen molar-refractivity contribution in [3.63, 3.8) is 0 Å². The van der Waals surface area contributed by atoms with Crippen molar-refractivity contribution < 1.29 is 19.0 Å². The van der Waals surface area contributed by atoms with Crippen molar-refractivity contribution in [1.29, 1.82) is 0 Å². The van der Waals surface area contributed by atoms with Gasteiger partial charge in [0.15, 0.2) is 18.1 Å². The highest BCUT2D eigenvalue weighted by Crippen LogP contribution is 2.29. The highest BCUT2D eigenvalue weighted by Gasteiger charge is 2.12. The summed E-state index contributed by atoms with van der Waals surface area (Å²) in [7, 11) is 1.53. The number of halogens is 1. The SMILES string of the molecule is COc1cc(/C=C/c2ccccc2)ccc1OC(=O)COc1cc(C)c(Cl)c(C)c1. The topological polar surface area (TPSA) is 44.8 Å². The predicted octanol–water partition coefficient (Wildman–Crippen LogP) is 6.12. The molecule has 5 heteroatoms. The van der Waals surface area contributed by atoms with Crippen LogP contribution in [0.2, 0.25) is 5.02 Å². The zero-order chi connectivity index (χ0) is 21.5. The number of aryl methyl sites for hydroxylation is 2. The number of rotatable bonds is 7. The molecule has 0 bridgehead atoms. The molecule has 0 fully saturated rings. The molecular formula is C25H23ClO4. The monoisotopic (exact) mass is 422 g/mol. The summed E-state index contributed by atoms with van der Waals surface area (Å²) in [5, 5.41) is 0.691. The summed E-state index contributed by atoms with van der Waals surface area (Å²) in [6.45, 7) is 3.55. The summed E-state index contributed by atoms with van der Waals surface area (Å²) in [4.78, 5) is 12.2. The lowest BCUT2D eigenvalue weighted by Crippen LogP contribution is -2.18. The van der Waals surface area contributed by atoms with Crippen molar-refractivity contribution in [3.8, 4) is 17.2 Å². The molecule has 0 unspecified atom stereocenters. The van der Waals surface area contributed by atoms with Crippen molar-refractivity contribution in [2.24, 2.45) is 0 Å². The molecule has 0 aliphatic heterocycles. The van der Waals surface area contributed by atoms with Gasteiger partial charge < -0.3 is 14.2 Å². The minimum absolute atomic E-state index is 0.223. The Labute approximate surface area is 181 Å². The van der Waals surface area contributed by atoms with E-state index in [0.717, 1.165) is 22.3 Å². The molecular weight excluding hydrogens is 400 g/mol. The van der Waals surface area contributed by atoms with Gasteiger partial charge in [-0.05, 0) is 60.4 Å². The van der Waals surface area contributed by atoms with Gasteiger partial charge in [0.05, 0.1) is 7.11 Å². The Hall–Kier alpha value is -3.24. The highest BCUT2D eigenvalue weighted by molar-refractivity contribution is 6.32. The summed E-state index contributed by atoms with van der Waals surface area (Å²) in [6, 6.07) is 18.9. The van der Waals surface area contributed by atoms with Crippen LogP contribution < -0.4 is 14.2 Å². The molecule has 0 atom stereocenters. The van der Waals surface area contributed by atoms with Crippen LogP contribution in [0, 0.1) is 13.8 Å². The van der Waals surface area contributed by atoms with Crippen LogP contribution in [0.1, 0.15) is 22.3 Å². The second kappa shape index (κ2) is 9.99. The summed E-state index contributed by atoms with van der Waals surface area (Å²) in [6.07, 6.45) is 3.97. The molecule has 0 saturated heterocycles. The first-order valence-corrected chi connectivity index (χ1v) is 9.85. The highest BCUT2D eigenvalue weighted by atomic mass is 35.5. The van der Waals surface area contributed by atoms with Crippen LogP contribution in [-0.2, 0) is 4.79 Å². The van der Waals surface area contributed by atoms with Crippen molar-refractivity contribution in [3.05, 3.63) is 87.9 Å². The van der Waals surface area contributed by atoms with E-state index in [1.807, 2.05) is 68.5 Å². The van der Waals surface area contributed by atoms with Gasteiger partial charge in [-0.3, -0.25) is 0 Å². The van der Waals surface area contributed by atoms with E-state index in [-0.39, 0.29) is 6.61 Å². The lowest BCUT2D eigenvalue weighted by Gasteiger charge is -2.12. The van der Waals surface area contributed by atoms with Crippen LogP contribution in [0.4, 0.5) is 0 Å². The minimum Gasteiger partial charge on any atom is -0.493 e. The van der Waals surface area contributed by atoms with E-state index in [2.05, 4.69) is 0 Å². The second-order valence-corrected chi connectivity index (χ2v) is 7.17. The Morgan fingerprint density at radius 2 is 1.57 bits per heavy atom. The third-order valence-corrected chi connectivity index (χ3v) is 5.04. The van der Waals surface area contributed by atoms with Gasteiger partial charge in [-0.2, -0.15) is 0 Å². The normalized spacial score (nSPS) is 10.8. The summed E-state index contributed by atoms with van der Waals surface area (Å²) in [5.74, 6) is 0.856. The molecule has 3 rings (SSSR count). The number of hydrogen-bond acceptors (Lipinski definition) is 4. The standard InChI is InChI=1S/C25H23ClO4/c1-17-13-21(14-18(2)25(17)26)29-16-24(27)30-22-12-11-20(15-23(22)28-3)10-9-19-7-5-4-6-8-19/h4-15H,16H2,1-3H3/b10-9+. The summed E-state index contributed by atoms with van der Waals surface area (Å²) < 4.78 is 16.4.